The van der Waals surface area contributed by atoms with Crippen molar-refractivity contribution >= 4 is 5.96 Å². The van der Waals surface area contributed by atoms with Gasteiger partial charge in [0, 0.05) is 13.1 Å². The van der Waals surface area contributed by atoms with E-state index >= 15 is 0 Å². The van der Waals surface area contributed by atoms with Crippen molar-refractivity contribution in [2.45, 2.75) is 19.9 Å². The first-order valence-corrected chi connectivity index (χ1v) is 2.90. The van der Waals surface area contributed by atoms with E-state index in [1.165, 1.54) is 0 Å². The van der Waals surface area contributed by atoms with E-state index in [0.29, 0.717) is 12.0 Å². The zero-order valence-electron chi connectivity index (χ0n) is 6.10. The molecule has 0 amide bonds. The Labute approximate surface area is 55.5 Å². The number of nitrogens with one attached hydrogen (secondary N) is 2. The van der Waals surface area contributed by atoms with Crippen molar-refractivity contribution in [3.05, 3.63) is 0 Å². The van der Waals surface area contributed by atoms with Gasteiger partial charge in [0.2, 0.25) is 5.96 Å². The van der Waals surface area contributed by atoms with Crippen LogP contribution in [0, 0.1) is 0 Å². The monoisotopic (exact) mass is 130 g/mol. The summed E-state index contributed by atoms with van der Waals surface area (Å²) in [6.45, 7) is 4.03. The summed E-state index contributed by atoms with van der Waals surface area (Å²) in [5.74, 6) is 5.70. The maximum atomic E-state index is 5.09. The molecule has 0 aromatic heterocycles. The van der Waals surface area contributed by atoms with Gasteiger partial charge in [0.1, 0.15) is 0 Å². The van der Waals surface area contributed by atoms with Crippen molar-refractivity contribution in [1.29, 1.82) is 0 Å². The van der Waals surface area contributed by atoms with Gasteiger partial charge in [0.25, 0.3) is 0 Å². The van der Waals surface area contributed by atoms with Crippen molar-refractivity contribution in [3.8, 4) is 0 Å². The minimum Gasteiger partial charge on any atom is -0.353 e. The van der Waals surface area contributed by atoms with Gasteiger partial charge >= 0.3 is 0 Å². The molecule has 0 radical (unpaired) electrons. The van der Waals surface area contributed by atoms with Crippen LogP contribution in [0.25, 0.3) is 0 Å². The van der Waals surface area contributed by atoms with Crippen LogP contribution in [0.15, 0.2) is 4.99 Å². The fourth-order valence-electron chi connectivity index (χ4n) is 0.444. The minimum atomic E-state index is 0.361. The van der Waals surface area contributed by atoms with Gasteiger partial charge < -0.3 is 5.32 Å². The molecule has 0 atom stereocenters. The lowest BCUT2D eigenvalue weighted by Crippen LogP contribution is -2.44. The predicted octanol–water partition coefficient (Wildman–Crippen LogP) is -0.566. The highest BCUT2D eigenvalue weighted by molar-refractivity contribution is 5.79. The molecule has 9 heavy (non-hydrogen) atoms. The van der Waals surface area contributed by atoms with Crippen molar-refractivity contribution < 1.29 is 0 Å². The van der Waals surface area contributed by atoms with Crippen LogP contribution in [-0.2, 0) is 0 Å². The molecule has 0 heterocycles. The third-order valence-corrected chi connectivity index (χ3v) is 0.786. The normalized spacial score (nSPS) is 11.9. The smallest absolute Gasteiger partial charge is 0.205 e. The lowest BCUT2D eigenvalue weighted by Gasteiger charge is -2.10. The topological polar surface area (TPSA) is 62.4 Å². The number of rotatable bonds is 1. The van der Waals surface area contributed by atoms with Crippen molar-refractivity contribution in [1.82, 2.24) is 10.7 Å². The van der Waals surface area contributed by atoms with E-state index in [-0.39, 0.29) is 0 Å². The Morgan fingerprint density at radius 2 is 2.11 bits per heavy atom. The Kier molecular flexibility index (Phi) is 3.79. The first-order chi connectivity index (χ1) is 4.20. The second kappa shape index (κ2) is 4.14. The van der Waals surface area contributed by atoms with Crippen LogP contribution in [0.1, 0.15) is 13.8 Å². The van der Waals surface area contributed by atoms with Crippen LogP contribution in [0.5, 0.6) is 0 Å². The van der Waals surface area contributed by atoms with Gasteiger partial charge in [-0.25, -0.2) is 5.84 Å². The summed E-state index contributed by atoms with van der Waals surface area (Å²) < 4.78 is 0. The molecule has 4 nitrogen and oxygen atoms in total. The first-order valence-electron chi connectivity index (χ1n) is 2.90. The van der Waals surface area contributed by atoms with Crippen LogP contribution in [0.2, 0.25) is 0 Å². The Balaban J connectivity index is 3.58. The summed E-state index contributed by atoms with van der Waals surface area (Å²) in [6, 6.07) is 0.361. The quantitative estimate of drug-likeness (QED) is 0.193. The minimum absolute atomic E-state index is 0.361. The molecular weight excluding hydrogens is 116 g/mol. The second-order valence-corrected chi connectivity index (χ2v) is 2.02. The van der Waals surface area contributed by atoms with Gasteiger partial charge in [0.15, 0.2) is 0 Å². The van der Waals surface area contributed by atoms with E-state index in [0.717, 1.165) is 0 Å². The van der Waals surface area contributed by atoms with E-state index in [9.17, 15) is 0 Å². The highest BCUT2D eigenvalue weighted by Crippen LogP contribution is 1.74. The van der Waals surface area contributed by atoms with E-state index in [1.54, 1.807) is 7.05 Å². The Bertz CT molecular complexity index is 97.1. The van der Waals surface area contributed by atoms with Crippen LogP contribution in [0.3, 0.4) is 0 Å². The lowest BCUT2D eigenvalue weighted by molar-refractivity contribution is 0.707. The zero-order chi connectivity index (χ0) is 7.28. The number of hydrogen-bond donors (Lipinski definition) is 3. The number of hydrogen-bond acceptors (Lipinski definition) is 2. The summed E-state index contributed by atoms with van der Waals surface area (Å²) in [5.41, 5.74) is 2.42. The fourth-order valence-corrected chi connectivity index (χ4v) is 0.444. The fraction of sp³-hybridized carbons (Fsp3) is 0.800. The van der Waals surface area contributed by atoms with Crippen molar-refractivity contribution in [2.75, 3.05) is 7.05 Å². The van der Waals surface area contributed by atoms with Gasteiger partial charge in [-0.05, 0) is 13.8 Å². The number of guanidine groups is 1. The lowest BCUT2D eigenvalue weighted by atomic mass is 10.4. The molecule has 0 rings (SSSR count). The summed E-state index contributed by atoms with van der Waals surface area (Å²) >= 11 is 0. The highest BCUT2D eigenvalue weighted by atomic mass is 15.3. The third-order valence-electron chi connectivity index (χ3n) is 0.786. The molecular formula is C5H14N4. The molecule has 0 aliphatic rings. The van der Waals surface area contributed by atoms with Gasteiger partial charge in [-0.15, -0.1) is 0 Å². The SMILES string of the molecule is CN=C(NN)NC(C)C. The van der Waals surface area contributed by atoms with E-state index < -0.39 is 0 Å². The highest BCUT2D eigenvalue weighted by Gasteiger charge is 1.93. The number of hydrazine groups is 1. The Morgan fingerprint density at radius 1 is 1.56 bits per heavy atom. The summed E-state index contributed by atoms with van der Waals surface area (Å²) in [6.07, 6.45) is 0. The molecule has 0 aromatic carbocycles. The molecule has 4 heteroatoms. The third kappa shape index (κ3) is 3.78. The maximum Gasteiger partial charge on any atom is 0.205 e. The molecule has 0 aliphatic heterocycles. The zero-order valence-corrected chi connectivity index (χ0v) is 6.10. The Hall–Kier alpha value is -0.770. The number of aliphatic imine (C=N–C) groups is 1. The van der Waals surface area contributed by atoms with E-state index in [2.05, 4.69) is 15.7 Å². The molecule has 0 aromatic rings. The molecule has 0 unspecified atom stereocenters. The second-order valence-electron chi connectivity index (χ2n) is 2.02. The van der Waals surface area contributed by atoms with Crippen molar-refractivity contribution in [3.63, 3.8) is 0 Å². The van der Waals surface area contributed by atoms with Crippen LogP contribution in [-0.4, -0.2) is 19.0 Å². The van der Waals surface area contributed by atoms with Gasteiger partial charge in [0.05, 0.1) is 0 Å². The maximum absolute atomic E-state index is 5.09. The largest absolute Gasteiger partial charge is 0.353 e. The summed E-state index contributed by atoms with van der Waals surface area (Å²) in [7, 11) is 1.67. The van der Waals surface area contributed by atoms with Gasteiger partial charge in [-0.1, -0.05) is 0 Å². The summed E-state index contributed by atoms with van der Waals surface area (Å²) in [5, 5.41) is 2.99. The average Bonchev–Trinajstić information content (AvgIpc) is 1.82. The number of nitrogens with two attached hydrogens (primary N) is 1. The molecule has 4 N–H and O–H groups in total. The Morgan fingerprint density at radius 3 is 2.22 bits per heavy atom. The number of nitrogens with zero attached hydrogens (tertiary/aromatic N) is 1. The molecule has 0 saturated carbocycles. The molecule has 0 aliphatic carbocycles. The van der Waals surface area contributed by atoms with E-state index in [1.807, 2.05) is 13.8 Å². The van der Waals surface area contributed by atoms with E-state index in [4.69, 9.17) is 5.84 Å². The molecule has 0 spiro atoms. The standard InChI is InChI=1S/C5H14N4/c1-4(2)8-5(7-3)9-6/h4H,6H2,1-3H3,(H2,7,8,9). The van der Waals surface area contributed by atoms with Crippen LogP contribution < -0.4 is 16.6 Å². The molecule has 54 valence electrons. The molecule has 0 fully saturated rings. The van der Waals surface area contributed by atoms with Crippen LogP contribution >= 0.6 is 0 Å². The molecule has 0 bridgehead atoms. The van der Waals surface area contributed by atoms with Gasteiger partial charge in [-0.3, -0.25) is 10.4 Å². The first kappa shape index (κ1) is 8.23. The van der Waals surface area contributed by atoms with Crippen molar-refractivity contribution in [2.24, 2.45) is 10.8 Å². The summed E-state index contributed by atoms with van der Waals surface area (Å²) in [4.78, 5) is 3.82. The predicted molar refractivity (Wildman–Crippen MR) is 39.0 cm³/mol. The van der Waals surface area contributed by atoms with Gasteiger partial charge in [-0.2, -0.15) is 0 Å². The average molecular weight is 130 g/mol. The van der Waals surface area contributed by atoms with Crippen LogP contribution in [0.4, 0.5) is 0 Å². The molecule has 0 saturated heterocycles.